The van der Waals surface area contributed by atoms with Crippen molar-refractivity contribution in [2.75, 3.05) is 0 Å². The molecule has 158 valence electrons. The van der Waals surface area contributed by atoms with Crippen molar-refractivity contribution in [1.29, 1.82) is 0 Å². The van der Waals surface area contributed by atoms with Crippen molar-refractivity contribution in [3.05, 3.63) is 64.1 Å². The lowest BCUT2D eigenvalue weighted by Crippen LogP contribution is -2.49. The average molecular weight is 431 g/mol. The molecule has 0 saturated heterocycles. The lowest BCUT2D eigenvalue weighted by Gasteiger charge is -2.40. The Labute approximate surface area is 180 Å². The molecular weight excluding hydrogens is 407 g/mol. The van der Waals surface area contributed by atoms with Gasteiger partial charge in [-0.25, -0.2) is 4.39 Å². The molecule has 2 aromatic carbocycles. The standard InChI is InChI=1S/C24H24ClFO4/c1-23(2)21(27)20(22(28)24(3,4)30-23)17-11-14(7-9-16(17)13-5-6-13)29-15-8-10-18(25)19(26)12-15/h7-13,27H,5-6H2,1-4H3. The van der Waals surface area contributed by atoms with E-state index in [0.29, 0.717) is 23.0 Å². The molecule has 1 aliphatic heterocycles. The molecule has 0 bridgehead atoms. The Morgan fingerprint density at radius 1 is 1.07 bits per heavy atom. The molecule has 2 aliphatic rings. The Balaban J connectivity index is 1.82. The molecule has 0 unspecified atom stereocenters. The van der Waals surface area contributed by atoms with Crippen LogP contribution in [0.2, 0.25) is 5.02 Å². The fourth-order valence-corrected chi connectivity index (χ4v) is 4.05. The number of aliphatic hydroxyl groups is 1. The predicted molar refractivity (Wildman–Crippen MR) is 114 cm³/mol. The first kappa shape index (κ1) is 20.9. The third-order valence-electron chi connectivity index (χ3n) is 5.53. The van der Waals surface area contributed by atoms with Gasteiger partial charge in [0.1, 0.15) is 34.3 Å². The molecule has 0 aromatic heterocycles. The number of rotatable bonds is 4. The summed E-state index contributed by atoms with van der Waals surface area (Å²) in [5.41, 5.74) is -0.207. The molecule has 1 saturated carbocycles. The lowest BCUT2D eigenvalue weighted by molar-refractivity contribution is -0.158. The molecule has 2 aromatic rings. The first-order chi connectivity index (χ1) is 14.0. The Morgan fingerprint density at radius 3 is 2.33 bits per heavy atom. The number of ketones is 1. The van der Waals surface area contributed by atoms with E-state index in [-0.39, 0.29) is 22.1 Å². The number of aliphatic hydroxyl groups excluding tert-OH is 1. The number of halogens is 2. The fraction of sp³-hybridized carbons (Fsp3) is 0.375. The second-order valence-corrected chi connectivity index (χ2v) is 9.28. The van der Waals surface area contributed by atoms with Gasteiger partial charge >= 0.3 is 0 Å². The van der Waals surface area contributed by atoms with Crippen LogP contribution < -0.4 is 4.74 Å². The van der Waals surface area contributed by atoms with Crippen LogP contribution in [-0.4, -0.2) is 22.1 Å². The van der Waals surface area contributed by atoms with E-state index in [1.807, 2.05) is 6.07 Å². The summed E-state index contributed by atoms with van der Waals surface area (Å²) >= 11 is 5.74. The van der Waals surface area contributed by atoms with Crippen LogP contribution in [0, 0.1) is 5.82 Å². The van der Waals surface area contributed by atoms with Crippen LogP contribution in [0.1, 0.15) is 57.6 Å². The predicted octanol–water partition coefficient (Wildman–Crippen LogP) is 6.57. The number of carbonyl (C=O) groups is 1. The Bertz CT molecular complexity index is 1070. The number of hydrogen-bond acceptors (Lipinski definition) is 4. The molecule has 0 radical (unpaired) electrons. The van der Waals surface area contributed by atoms with Gasteiger partial charge in [0.2, 0.25) is 0 Å². The zero-order valence-corrected chi connectivity index (χ0v) is 18.1. The van der Waals surface area contributed by atoms with Crippen molar-refractivity contribution in [3.8, 4) is 11.5 Å². The highest BCUT2D eigenvalue weighted by Gasteiger charge is 2.48. The number of hydrogen-bond donors (Lipinski definition) is 1. The van der Waals surface area contributed by atoms with Gasteiger partial charge < -0.3 is 14.6 Å². The van der Waals surface area contributed by atoms with Crippen molar-refractivity contribution in [1.82, 2.24) is 0 Å². The summed E-state index contributed by atoms with van der Waals surface area (Å²) in [4.78, 5) is 13.2. The molecule has 6 heteroatoms. The minimum atomic E-state index is -1.08. The van der Waals surface area contributed by atoms with E-state index in [9.17, 15) is 14.3 Å². The summed E-state index contributed by atoms with van der Waals surface area (Å²) in [6.45, 7) is 6.89. The molecule has 0 atom stereocenters. The van der Waals surface area contributed by atoms with Gasteiger partial charge in [0.05, 0.1) is 10.6 Å². The second kappa shape index (κ2) is 7.10. The largest absolute Gasteiger partial charge is 0.508 e. The minimum absolute atomic E-state index is 0.0134. The van der Waals surface area contributed by atoms with Gasteiger partial charge in [0.15, 0.2) is 5.78 Å². The van der Waals surface area contributed by atoms with Gasteiger partial charge in [0.25, 0.3) is 0 Å². The molecule has 1 fully saturated rings. The van der Waals surface area contributed by atoms with E-state index in [0.717, 1.165) is 18.4 Å². The van der Waals surface area contributed by atoms with E-state index in [2.05, 4.69) is 0 Å². The number of ether oxygens (including phenoxy) is 2. The Hall–Kier alpha value is -2.37. The monoisotopic (exact) mass is 430 g/mol. The Morgan fingerprint density at radius 2 is 1.70 bits per heavy atom. The van der Waals surface area contributed by atoms with E-state index in [4.69, 9.17) is 21.1 Å². The fourth-order valence-electron chi connectivity index (χ4n) is 3.93. The minimum Gasteiger partial charge on any atom is -0.508 e. The highest BCUT2D eigenvalue weighted by Crippen LogP contribution is 2.48. The summed E-state index contributed by atoms with van der Waals surface area (Å²) < 4.78 is 25.5. The molecule has 1 heterocycles. The van der Waals surface area contributed by atoms with Crippen molar-refractivity contribution < 1.29 is 23.8 Å². The molecule has 4 nitrogen and oxygen atoms in total. The van der Waals surface area contributed by atoms with Gasteiger partial charge in [-0.05, 0) is 81.8 Å². The van der Waals surface area contributed by atoms with Crippen LogP contribution in [0.3, 0.4) is 0 Å². The number of benzene rings is 2. The SMILES string of the molecule is CC1(C)OC(C)(C)C(O)=C(c2cc(Oc3ccc(Cl)c(F)c3)ccc2C2CC2)C1=O. The van der Waals surface area contributed by atoms with E-state index in [1.165, 1.54) is 12.1 Å². The van der Waals surface area contributed by atoms with Gasteiger partial charge in [0, 0.05) is 6.07 Å². The van der Waals surface area contributed by atoms with E-state index in [1.54, 1.807) is 45.9 Å². The van der Waals surface area contributed by atoms with Crippen LogP contribution in [0.4, 0.5) is 4.39 Å². The topological polar surface area (TPSA) is 55.8 Å². The first-order valence-electron chi connectivity index (χ1n) is 9.95. The van der Waals surface area contributed by atoms with E-state index >= 15 is 0 Å². The van der Waals surface area contributed by atoms with E-state index < -0.39 is 17.0 Å². The number of carbonyl (C=O) groups excluding carboxylic acids is 1. The summed E-state index contributed by atoms with van der Waals surface area (Å²) in [5, 5.41) is 11.0. The van der Waals surface area contributed by atoms with Crippen LogP contribution in [-0.2, 0) is 9.53 Å². The zero-order chi connectivity index (χ0) is 21.8. The lowest BCUT2D eigenvalue weighted by atomic mass is 9.81. The van der Waals surface area contributed by atoms with Gasteiger partial charge in [-0.3, -0.25) is 4.79 Å². The number of Topliss-reactive ketones (excluding diaryl/α,β-unsaturated/α-hetero) is 1. The quantitative estimate of drug-likeness (QED) is 0.595. The molecule has 4 rings (SSSR count). The highest BCUT2D eigenvalue weighted by molar-refractivity contribution is 6.30. The van der Waals surface area contributed by atoms with Crippen LogP contribution in [0.15, 0.2) is 42.2 Å². The molecular formula is C24H24ClFO4. The molecule has 0 amide bonds. The van der Waals surface area contributed by atoms with Crippen molar-refractivity contribution in [2.24, 2.45) is 0 Å². The zero-order valence-electron chi connectivity index (χ0n) is 17.4. The molecule has 0 spiro atoms. The first-order valence-corrected chi connectivity index (χ1v) is 10.3. The smallest absolute Gasteiger partial charge is 0.198 e. The summed E-state index contributed by atoms with van der Waals surface area (Å²) in [5.74, 6) is 0.112. The molecule has 1 aliphatic carbocycles. The van der Waals surface area contributed by atoms with Crippen molar-refractivity contribution in [3.63, 3.8) is 0 Å². The van der Waals surface area contributed by atoms with Crippen LogP contribution in [0.25, 0.3) is 5.57 Å². The van der Waals surface area contributed by atoms with Crippen LogP contribution in [0.5, 0.6) is 11.5 Å². The molecule has 1 N–H and O–H groups in total. The summed E-state index contributed by atoms with van der Waals surface area (Å²) in [7, 11) is 0. The van der Waals surface area contributed by atoms with Crippen LogP contribution >= 0.6 is 11.6 Å². The Kier molecular flexibility index (Phi) is 4.94. The van der Waals surface area contributed by atoms with Gasteiger partial charge in [-0.2, -0.15) is 0 Å². The summed E-state index contributed by atoms with van der Waals surface area (Å²) in [6, 6.07) is 9.65. The maximum Gasteiger partial charge on any atom is 0.198 e. The molecule has 30 heavy (non-hydrogen) atoms. The third kappa shape index (κ3) is 3.72. The van der Waals surface area contributed by atoms with Crippen molar-refractivity contribution >= 4 is 23.0 Å². The van der Waals surface area contributed by atoms with Crippen molar-refractivity contribution in [2.45, 2.75) is 57.7 Å². The normalized spacial score (nSPS) is 20.4. The summed E-state index contributed by atoms with van der Waals surface area (Å²) in [6.07, 6.45) is 2.06. The average Bonchev–Trinajstić information content (AvgIpc) is 3.48. The van der Waals surface area contributed by atoms with Gasteiger partial charge in [-0.1, -0.05) is 17.7 Å². The van der Waals surface area contributed by atoms with Gasteiger partial charge in [-0.15, -0.1) is 0 Å². The maximum atomic E-state index is 13.8. The third-order valence-corrected chi connectivity index (χ3v) is 5.84. The second-order valence-electron chi connectivity index (χ2n) is 8.88. The maximum absolute atomic E-state index is 13.8. The highest BCUT2D eigenvalue weighted by atomic mass is 35.5.